The molecule has 0 aromatic heterocycles. The molecule has 0 unspecified atom stereocenters. The molecule has 7 nitrogen and oxygen atoms in total. The van der Waals surface area contributed by atoms with E-state index < -0.39 is 37.0 Å². The van der Waals surface area contributed by atoms with Gasteiger partial charge in [0.2, 0.25) is 0 Å². The summed E-state index contributed by atoms with van der Waals surface area (Å²) in [5.74, 6) is -0.641. The van der Waals surface area contributed by atoms with Crippen molar-refractivity contribution in [1.29, 1.82) is 0 Å². The Morgan fingerprint density at radius 2 is 1.64 bits per heavy atom. The number of hydrogen-bond donors (Lipinski definition) is 4. The Kier molecular flexibility index (Phi) is 11.9. The SMILES string of the molecule is CCCCCCCCC(=O)O[C@@H](C=O)[C@@H](O)[C@H](O)[C@H](O)CO. The molecule has 0 aliphatic rings. The van der Waals surface area contributed by atoms with Crippen LogP contribution in [0.2, 0.25) is 0 Å². The first-order chi connectivity index (χ1) is 10.5. The van der Waals surface area contributed by atoms with Crippen molar-refractivity contribution >= 4 is 12.3 Å². The van der Waals surface area contributed by atoms with Crippen molar-refractivity contribution in [3.05, 3.63) is 0 Å². The molecule has 0 saturated carbocycles. The zero-order chi connectivity index (χ0) is 17.0. The molecule has 0 spiro atoms. The topological polar surface area (TPSA) is 124 Å². The largest absolute Gasteiger partial charge is 0.452 e. The molecule has 0 radical (unpaired) electrons. The van der Waals surface area contributed by atoms with Crippen LogP contribution in [-0.2, 0) is 14.3 Å². The summed E-state index contributed by atoms with van der Waals surface area (Å²) < 4.78 is 4.80. The first-order valence-corrected chi connectivity index (χ1v) is 7.77. The number of aliphatic hydroxyl groups excluding tert-OH is 4. The molecule has 0 amide bonds. The van der Waals surface area contributed by atoms with Gasteiger partial charge in [-0.2, -0.15) is 0 Å². The van der Waals surface area contributed by atoms with Gasteiger partial charge < -0.3 is 25.2 Å². The van der Waals surface area contributed by atoms with E-state index >= 15 is 0 Å². The van der Waals surface area contributed by atoms with E-state index in [1.54, 1.807) is 0 Å². The van der Waals surface area contributed by atoms with E-state index in [9.17, 15) is 24.9 Å². The van der Waals surface area contributed by atoms with Gasteiger partial charge in [-0.1, -0.05) is 39.0 Å². The van der Waals surface area contributed by atoms with Crippen molar-refractivity contribution < 1.29 is 34.8 Å². The second kappa shape index (κ2) is 12.5. The number of rotatable bonds is 13. The van der Waals surface area contributed by atoms with Crippen molar-refractivity contribution in [1.82, 2.24) is 0 Å². The summed E-state index contributed by atoms with van der Waals surface area (Å²) in [5, 5.41) is 37.0. The smallest absolute Gasteiger partial charge is 0.306 e. The van der Waals surface area contributed by atoms with Crippen molar-refractivity contribution in [2.45, 2.75) is 76.3 Å². The molecular formula is C15H28O7. The Balaban J connectivity index is 4.10. The number of aliphatic hydroxyl groups is 4. The minimum atomic E-state index is -1.78. The van der Waals surface area contributed by atoms with E-state index in [2.05, 4.69) is 6.92 Å². The van der Waals surface area contributed by atoms with Gasteiger partial charge in [0.1, 0.15) is 18.3 Å². The minimum absolute atomic E-state index is 0.127. The maximum Gasteiger partial charge on any atom is 0.306 e. The predicted octanol–water partition coefficient (Wildman–Crippen LogP) is -0.0773. The monoisotopic (exact) mass is 320 g/mol. The first kappa shape index (κ1) is 21.0. The van der Waals surface area contributed by atoms with E-state index in [4.69, 9.17) is 9.84 Å². The number of hydrogen-bond acceptors (Lipinski definition) is 7. The highest BCUT2D eigenvalue weighted by atomic mass is 16.6. The van der Waals surface area contributed by atoms with Crippen LogP contribution in [-0.4, -0.2) is 63.7 Å². The Labute approximate surface area is 130 Å². The zero-order valence-electron chi connectivity index (χ0n) is 13.1. The molecule has 0 aliphatic carbocycles. The number of carbonyl (C=O) groups excluding carboxylic acids is 2. The molecule has 0 bridgehead atoms. The fraction of sp³-hybridized carbons (Fsp3) is 0.867. The molecule has 4 atom stereocenters. The van der Waals surface area contributed by atoms with Crippen LogP contribution < -0.4 is 0 Å². The van der Waals surface area contributed by atoms with Gasteiger partial charge in [-0.15, -0.1) is 0 Å². The van der Waals surface area contributed by atoms with Gasteiger partial charge in [-0.05, 0) is 6.42 Å². The normalized spacial score (nSPS) is 16.6. The average Bonchev–Trinajstić information content (AvgIpc) is 2.53. The van der Waals surface area contributed by atoms with Crippen molar-refractivity contribution in [3.8, 4) is 0 Å². The van der Waals surface area contributed by atoms with Crippen LogP contribution in [0, 0.1) is 0 Å². The third kappa shape index (κ3) is 8.43. The lowest BCUT2D eigenvalue weighted by Crippen LogP contribution is -2.48. The zero-order valence-corrected chi connectivity index (χ0v) is 13.1. The van der Waals surface area contributed by atoms with Crippen molar-refractivity contribution in [3.63, 3.8) is 0 Å². The number of aldehydes is 1. The molecule has 22 heavy (non-hydrogen) atoms. The Morgan fingerprint density at radius 1 is 1.05 bits per heavy atom. The molecule has 0 aromatic carbocycles. The van der Waals surface area contributed by atoms with Gasteiger partial charge >= 0.3 is 5.97 Å². The van der Waals surface area contributed by atoms with Gasteiger partial charge in [0.15, 0.2) is 12.4 Å². The Hall–Kier alpha value is -1.02. The van der Waals surface area contributed by atoms with Crippen LogP contribution in [0.25, 0.3) is 0 Å². The molecule has 0 heterocycles. The fourth-order valence-electron chi connectivity index (χ4n) is 1.97. The van der Waals surface area contributed by atoms with E-state index in [0.717, 1.165) is 32.1 Å². The maximum absolute atomic E-state index is 11.6. The van der Waals surface area contributed by atoms with Crippen LogP contribution in [0.5, 0.6) is 0 Å². The number of ether oxygens (including phenoxy) is 1. The van der Waals surface area contributed by atoms with Gasteiger partial charge in [-0.25, -0.2) is 0 Å². The van der Waals surface area contributed by atoms with Crippen molar-refractivity contribution in [2.24, 2.45) is 0 Å². The fourth-order valence-corrected chi connectivity index (χ4v) is 1.97. The molecule has 0 aromatic rings. The lowest BCUT2D eigenvalue weighted by atomic mass is 10.0. The molecule has 7 heteroatoms. The van der Waals surface area contributed by atoms with Gasteiger partial charge in [-0.3, -0.25) is 9.59 Å². The van der Waals surface area contributed by atoms with E-state index in [-0.39, 0.29) is 12.7 Å². The van der Waals surface area contributed by atoms with Gasteiger partial charge in [0.25, 0.3) is 0 Å². The standard InChI is InChI=1S/C15H28O7/c1-2-3-4-5-6-7-8-13(19)22-12(10-17)15(21)14(20)11(18)9-16/h10-12,14-16,18,20-21H,2-9H2,1H3/t11-,12+,14-,15-/m1/s1. The second-order valence-electron chi connectivity index (χ2n) is 5.34. The molecule has 0 rings (SSSR count). The minimum Gasteiger partial charge on any atom is -0.452 e. The van der Waals surface area contributed by atoms with Crippen LogP contribution in [0.1, 0.15) is 51.9 Å². The highest BCUT2D eigenvalue weighted by Crippen LogP contribution is 2.11. The summed E-state index contributed by atoms with van der Waals surface area (Å²) >= 11 is 0. The lowest BCUT2D eigenvalue weighted by molar-refractivity contribution is -0.168. The molecule has 4 N–H and O–H groups in total. The quantitative estimate of drug-likeness (QED) is 0.212. The first-order valence-electron chi connectivity index (χ1n) is 7.77. The summed E-state index contributed by atoms with van der Waals surface area (Å²) in [7, 11) is 0. The predicted molar refractivity (Wildman–Crippen MR) is 79.0 cm³/mol. The third-order valence-electron chi connectivity index (χ3n) is 3.40. The summed E-state index contributed by atoms with van der Waals surface area (Å²) in [5.41, 5.74) is 0. The van der Waals surface area contributed by atoms with Gasteiger partial charge in [0.05, 0.1) is 6.61 Å². The number of unbranched alkanes of at least 4 members (excludes halogenated alkanes) is 5. The number of esters is 1. The molecule has 0 fully saturated rings. The summed E-state index contributed by atoms with van der Waals surface area (Å²) in [6.45, 7) is 1.33. The van der Waals surface area contributed by atoms with Crippen molar-refractivity contribution in [2.75, 3.05) is 6.61 Å². The highest BCUT2D eigenvalue weighted by molar-refractivity contribution is 5.72. The highest BCUT2D eigenvalue weighted by Gasteiger charge is 2.33. The second-order valence-corrected chi connectivity index (χ2v) is 5.34. The Morgan fingerprint density at radius 3 is 2.18 bits per heavy atom. The van der Waals surface area contributed by atoms with E-state index in [1.807, 2.05) is 0 Å². The molecule has 130 valence electrons. The third-order valence-corrected chi connectivity index (χ3v) is 3.40. The Bertz CT molecular complexity index is 308. The molecular weight excluding hydrogens is 292 g/mol. The summed E-state index contributed by atoms with van der Waals surface area (Å²) in [6.07, 6.45) is -0.457. The summed E-state index contributed by atoms with van der Waals surface area (Å²) in [4.78, 5) is 22.4. The molecule has 0 saturated heterocycles. The summed E-state index contributed by atoms with van der Waals surface area (Å²) in [6, 6.07) is 0. The molecule has 0 aliphatic heterocycles. The lowest BCUT2D eigenvalue weighted by Gasteiger charge is -2.25. The van der Waals surface area contributed by atoms with Gasteiger partial charge in [0, 0.05) is 6.42 Å². The van der Waals surface area contributed by atoms with Crippen LogP contribution >= 0.6 is 0 Å². The van der Waals surface area contributed by atoms with E-state index in [0.29, 0.717) is 6.42 Å². The maximum atomic E-state index is 11.6. The number of carbonyl (C=O) groups is 2. The van der Waals surface area contributed by atoms with Crippen LogP contribution in [0.4, 0.5) is 0 Å². The average molecular weight is 320 g/mol. The van der Waals surface area contributed by atoms with E-state index in [1.165, 1.54) is 0 Å². The van der Waals surface area contributed by atoms with Crippen LogP contribution in [0.15, 0.2) is 0 Å². The van der Waals surface area contributed by atoms with Crippen LogP contribution in [0.3, 0.4) is 0 Å².